The lowest BCUT2D eigenvalue weighted by molar-refractivity contribution is 0.464. The first-order valence-electron chi connectivity index (χ1n) is 19.0. The minimum atomic E-state index is -0.0148. The SMILES string of the molecule is c1ccc(N2CCN=C2c2cccc(-c3ccc4c(c3)Oc3cccc5c3B4c3ccc(-c4cccc(C6=NCCN6c6ccccc6)c4)cc3O5)c2)cc1. The fraction of sp³-hybridized carbons (Fsp3) is 0.0833. The van der Waals surface area contributed by atoms with Crippen LogP contribution < -0.4 is 35.7 Å². The number of amidine groups is 2. The van der Waals surface area contributed by atoms with Crippen molar-refractivity contribution in [1.29, 1.82) is 0 Å². The van der Waals surface area contributed by atoms with Gasteiger partial charge in [0, 0.05) is 41.1 Å². The van der Waals surface area contributed by atoms with E-state index < -0.39 is 0 Å². The number of ether oxygens (including phenoxy) is 2. The van der Waals surface area contributed by atoms with Gasteiger partial charge < -0.3 is 19.3 Å². The summed E-state index contributed by atoms with van der Waals surface area (Å²) < 4.78 is 13.3. The van der Waals surface area contributed by atoms with Gasteiger partial charge in [0.05, 0.1) is 13.1 Å². The molecule has 0 amide bonds. The minimum absolute atomic E-state index is 0.0148. The van der Waals surface area contributed by atoms with Crippen LogP contribution in [0.15, 0.2) is 174 Å². The lowest BCUT2D eigenvalue weighted by atomic mass is 9.35. The fourth-order valence-electron chi connectivity index (χ4n) is 8.57. The average Bonchev–Trinajstić information content (AvgIpc) is 3.96. The molecule has 7 heteroatoms. The Hall–Kier alpha value is -6.86. The number of benzene rings is 7. The zero-order valence-electron chi connectivity index (χ0n) is 30.1. The summed E-state index contributed by atoms with van der Waals surface area (Å²) >= 11 is 0. The van der Waals surface area contributed by atoms with E-state index in [1.807, 2.05) is 6.07 Å². The number of anilines is 2. The predicted octanol–water partition coefficient (Wildman–Crippen LogP) is 8.28. The van der Waals surface area contributed by atoms with Gasteiger partial charge in [-0.1, -0.05) is 103 Å². The molecule has 7 aromatic rings. The predicted molar refractivity (Wildman–Crippen MR) is 225 cm³/mol. The normalized spacial score (nSPS) is 15.0. The van der Waals surface area contributed by atoms with Crippen molar-refractivity contribution in [1.82, 2.24) is 0 Å². The van der Waals surface area contributed by atoms with Gasteiger partial charge in [0.15, 0.2) is 0 Å². The van der Waals surface area contributed by atoms with E-state index in [1.54, 1.807) is 0 Å². The van der Waals surface area contributed by atoms with E-state index in [2.05, 4.69) is 168 Å². The topological polar surface area (TPSA) is 49.7 Å². The second kappa shape index (κ2) is 12.9. The first-order chi connectivity index (χ1) is 27.2. The summed E-state index contributed by atoms with van der Waals surface area (Å²) in [4.78, 5) is 14.4. The number of aliphatic imine (C=N–C) groups is 2. The summed E-state index contributed by atoms with van der Waals surface area (Å²) in [6.45, 7) is 3.31. The number of rotatable bonds is 6. The smallest absolute Gasteiger partial charge is 0.260 e. The van der Waals surface area contributed by atoms with E-state index in [1.165, 1.54) is 0 Å². The molecule has 4 heterocycles. The number of hydrogen-bond donors (Lipinski definition) is 0. The highest BCUT2D eigenvalue weighted by atomic mass is 16.5. The third-order valence-electron chi connectivity index (χ3n) is 11.1. The van der Waals surface area contributed by atoms with Crippen molar-refractivity contribution in [2.45, 2.75) is 0 Å². The molecule has 0 spiro atoms. The molecule has 11 rings (SSSR count). The Balaban J connectivity index is 0.927. The quantitative estimate of drug-likeness (QED) is 0.163. The van der Waals surface area contributed by atoms with Crippen LogP contribution >= 0.6 is 0 Å². The van der Waals surface area contributed by atoms with E-state index >= 15 is 0 Å². The number of nitrogens with zero attached hydrogens (tertiary/aromatic N) is 4. The van der Waals surface area contributed by atoms with Gasteiger partial charge in [-0.15, -0.1) is 0 Å². The Bertz CT molecular complexity index is 2510. The molecule has 0 aromatic heterocycles. The van der Waals surface area contributed by atoms with Crippen molar-refractivity contribution in [3.05, 3.63) is 175 Å². The molecule has 0 saturated carbocycles. The third-order valence-corrected chi connectivity index (χ3v) is 11.1. The first-order valence-corrected chi connectivity index (χ1v) is 19.0. The van der Waals surface area contributed by atoms with Crippen LogP contribution in [0, 0.1) is 0 Å². The van der Waals surface area contributed by atoms with Gasteiger partial charge >= 0.3 is 0 Å². The van der Waals surface area contributed by atoms with Crippen molar-refractivity contribution < 1.29 is 9.47 Å². The summed E-state index contributed by atoms with van der Waals surface area (Å²) in [5.74, 6) is 5.42. The van der Waals surface area contributed by atoms with Gasteiger partial charge in [-0.25, -0.2) is 0 Å². The molecule has 55 heavy (non-hydrogen) atoms. The standard InChI is InChI=1S/C48H35BN4O2/c1-3-14-38(15-4-1)52-26-24-50-47(52)36-12-7-10-32(28-36)34-20-22-40-44(30-34)54-42-18-9-19-43-46(42)49(40)41-23-21-35(31-45(41)55-43)33-11-8-13-37(29-33)48-51-25-27-53(48)39-16-5-2-6-17-39/h1-23,28-31H,24-27H2. The van der Waals surface area contributed by atoms with Gasteiger partial charge in [0.25, 0.3) is 6.71 Å². The largest absolute Gasteiger partial charge is 0.458 e. The van der Waals surface area contributed by atoms with E-state index in [0.717, 1.165) is 122 Å². The molecule has 0 saturated heterocycles. The van der Waals surface area contributed by atoms with Crippen molar-refractivity contribution in [2.24, 2.45) is 9.98 Å². The number of fused-ring (bicyclic) bond motifs is 4. The summed E-state index contributed by atoms with van der Waals surface area (Å²) in [5.41, 5.74) is 12.3. The monoisotopic (exact) mass is 710 g/mol. The van der Waals surface area contributed by atoms with Crippen LogP contribution in [-0.4, -0.2) is 44.6 Å². The molecule has 262 valence electrons. The maximum Gasteiger partial charge on any atom is 0.260 e. The molecule has 4 aliphatic rings. The number of hydrogen-bond acceptors (Lipinski definition) is 6. The van der Waals surface area contributed by atoms with Gasteiger partial charge in [0.2, 0.25) is 0 Å². The lowest BCUT2D eigenvalue weighted by Gasteiger charge is -2.33. The maximum atomic E-state index is 6.67. The molecular weight excluding hydrogens is 675 g/mol. The minimum Gasteiger partial charge on any atom is -0.458 e. The first kappa shape index (κ1) is 31.7. The third kappa shape index (κ3) is 5.42. The lowest BCUT2D eigenvalue weighted by Crippen LogP contribution is -2.57. The Morgan fingerprint density at radius 3 is 1.33 bits per heavy atom. The van der Waals surface area contributed by atoms with Crippen LogP contribution in [0.4, 0.5) is 11.4 Å². The highest BCUT2D eigenvalue weighted by Gasteiger charge is 2.40. The Kier molecular flexibility index (Phi) is 7.44. The molecule has 0 radical (unpaired) electrons. The second-order valence-electron chi connectivity index (χ2n) is 14.4. The van der Waals surface area contributed by atoms with Crippen molar-refractivity contribution in [3.8, 4) is 45.3 Å². The number of para-hydroxylation sites is 2. The summed E-state index contributed by atoms with van der Waals surface area (Å²) in [5, 5.41) is 0. The van der Waals surface area contributed by atoms with Crippen LogP contribution in [0.1, 0.15) is 11.1 Å². The summed E-state index contributed by atoms with van der Waals surface area (Å²) in [6, 6.07) is 57.8. The van der Waals surface area contributed by atoms with Crippen molar-refractivity contribution in [3.63, 3.8) is 0 Å². The summed E-state index contributed by atoms with van der Waals surface area (Å²) in [6.07, 6.45) is 0. The molecule has 0 unspecified atom stereocenters. The highest BCUT2D eigenvalue weighted by Crippen LogP contribution is 2.38. The van der Waals surface area contributed by atoms with Crippen LogP contribution in [0.3, 0.4) is 0 Å². The molecule has 0 N–H and O–H groups in total. The fourth-order valence-corrected chi connectivity index (χ4v) is 8.57. The van der Waals surface area contributed by atoms with Crippen LogP contribution in [0.25, 0.3) is 22.3 Å². The van der Waals surface area contributed by atoms with Gasteiger partial charge in [-0.05, 0) is 93.8 Å². The van der Waals surface area contributed by atoms with Gasteiger partial charge in [-0.3, -0.25) is 9.98 Å². The van der Waals surface area contributed by atoms with E-state index in [9.17, 15) is 0 Å². The van der Waals surface area contributed by atoms with Gasteiger partial charge in [-0.2, -0.15) is 0 Å². The zero-order chi connectivity index (χ0) is 36.3. The molecule has 7 aromatic carbocycles. The zero-order valence-corrected chi connectivity index (χ0v) is 30.1. The van der Waals surface area contributed by atoms with Crippen LogP contribution in [-0.2, 0) is 0 Å². The molecule has 6 nitrogen and oxygen atoms in total. The molecule has 0 fully saturated rings. The molecule has 0 bridgehead atoms. The molecular formula is C48H35BN4O2. The Morgan fingerprint density at radius 2 is 0.836 bits per heavy atom. The van der Waals surface area contributed by atoms with Crippen LogP contribution in [0.5, 0.6) is 23.0 Å². The average molecular weight is 711 g/mol. The Morgan fingerprint density at radius 1 is 0.400 bits per heavy atom. The molecule has 0 aliphatic carbocycles. The Labute approximate surface area is 320 Å². The second-order valence-corrected chi connectivity index (χ2v) is 14.4. The van der Waals surface area contributed by atoms with Crippen LogP contribution in [0.2, 0.25) is 0 Å². The maximum absolute atomic E-state index is 6.67. The molecule has 4 aliphatic heterocycles. The van der Waals surface area contributed by atoms with Gasteiger partial charge in [0.1, 0.15) is 34.7 Å². The van der Waals surface area contributed by atoms with E-state index in [0.29, 0.717) is 0 Å². The van der Waals surface area contributed by atoms with E-state index in [4.69, 9.17) is 19.5 Å². The van der Waals surface area contributed by atoms with Crippen molar-refractivity contribution >= 4 is 46.1 Å². The molecule has 0 atom stereocenters. The van der Waals surface area contributed by atoms with Crippen molar-refractivity contribution in [2.75, 3.05) is 36.0 Å². The van der Waals surface area contributed by atoms with E-state index in [-0.39, 0.29) is 6.71 Å². The summed E-state index contributed by atoms with van der Waals surface area (Å²) in [7, 11) is 0. The highest BCUT2D eigenvalue weighted by molar-refractivity contribution is 6.98.